The fourth-order valence-corrected chi connectivity index (χ4v) is 5.41. The zero-order valence-electron chi connectivity index (χ0n) is 12.8. The average molecular weight is 323 g/mol. The third-order valence-electron chi connectivity index (χ3n) is 6.22. The van der Waals surface area contributed by atoms with Crippen LogP contribution in [0.15, 0.2) is 24.3 Å². The van der Waals surface area contributed by atoms with Gasteiger partial charge in [-0.2, -0.15) is 13.2 Å². The zero-order valence-corrected chi connectivity index (χ0v) is 12.8. The van der Waals surface area contributed by atoms with Crippen molar-refractivity contribution in [2.75, 3.05) is 0 Å². The van der Waals surface area contributed by atoms with Crippen LogP contribution in [0, 0.1) is 23.7 Å². The summed E-state index contributed by atoms with van der Waals surface area (Å²) in [5.74, 6) is 2.03. The van der Waals surface area contributed by atoms with Gasteiger partial charge in [0.2, 0.25) is 0 Å². The Balaban J connectivity index is 1.52. The van der Waals surface area contributed by atoms with Gasteiger partial charge in [0.15, 0.2) is 0 Å². The molecule has 2 bridgehead atoms. The lowest BCUT2D eigenvalue weighted by molar-refractivity contribution is -0.137. The van der Waals surface area contributed by atoms with E-state index in [1.807, 2.05) is 0 Å². The van der Waals surface area contributed by atoms with Crippen LogP contribution in [-0.4, -0.2) is 11.9 Å². The monoisotopic (exact) mass is 323 g/mol. The van der Waals surface area contributed by atoms with Gasteiger partial charge in [-0.25, -0.2) is 0 Å². The molecule has 124 valence electrons. The second-order valence-electron chi connectivity index (χ2n) is 7.28. The smallest absolute Gasteiger partial charge is 0.349 e. The van der Waals surface area contributed by atoms with E-state index in [2.05, 4.69) is 5.32 Å². The first kappa shape index (κ1) is 15.0. The zero-order chi connectivity index (χ0) is 16.2. The molecule has 0 aromatic heterocycles. The number of fused-ring (bicyclic) bond motifs is 5. The van der Waals surface area contributed by atoms with E-state index in [9.17, 15) is 18.0 Å². The quantitative estimate of drug-likeness (QED) is 0.866. The summed E-state index contributed by atoms with van der Waals surface area (Å²) in [7, 11) is 0. The van der Waals surface area contributed by atoms with Crippen LogP contribution in [0.1, 0.15) is 48.0 Å². The van der Waals surface area contributed by atoms with Crippen molar-refractivity contribution in [1.29, 1.82) is 0 Å². The highest BCUT2D eigenvalue weighted by Gasteiger charge is 2.54. The predicted octanol–water partition coefficient (Wildman–Crippen LogP) is 4.26. The first-order chi connectivity index (χ1) is 10.9. The summed E-state index contributed by atoms with van der Waals surface area (Å²) in [5.41, 5.74) is -1.11. The second kappa shape index (κ2) is 5.25. The molecule has 0 spiro atoms. The van der Waals surface area contributed by atoms with Gasteiger partial charge < -0.3 is 5.32 Å². The molecule has 5 atom stereocenters. The third-order valence-corrected chi connectivity index (χ3v) is 6.22. The summed E-state index contributed by atoms with van der Waals surface area (Å²) in [6.07, 6.45) is 1.35. The van der Waals surface area contributed by atoms with Gasteiger partial charge in [-0.3, -0.25) is 4.79 Å². The Morgan fingerprint density at radius 1 is 1.04 bits per heavy atom. The lowest BCUT2D eigenvalue weighted by atomic mass is 9.79. The Morgan fingerprint density at radius 2 is 1.78 bits per heavy atom. The van der Waals surface area contributed by atoms with Gasteiger partial charge in [0, 0.05) is 6.04 Å². The van der Waals surface area contributed by atoms with E-state index in [-0.39, 0.29) is 11.6 Å². The highest BCUT2D eigenvalue weighted by molar-refractivity contribution is 5.96. The van der Waals surface area contributed by atoms with Crippen LogP contribution in [0.4, 0.5) is 13.2 Å². The number of benzene rings is 1. The molecule has 3 aliphatic rings. The maximum atomic E-state index is 13.1. The number of hydrogen-bond donors (Lipinski definition) is 1. The minimum Gasteiger partial charge on any atom is -0.349 e. The van der Waals surface area contributed by atoms with Crippen molar-refractivity contribution in [3.63, 3.8) is 0 Å². The van der Waals surface area contributed by atoms with Crippen LogP contribution in [0.3, 0.4) is 0 Å². The van der Waals surface area contributed by atoms with Crippen molar-refractivity contribution in [1.82, 2.24) is 5.32 Å². The molecule has 4 rings (SSSR count). The van der Waals surface area contributed by atoms with Crippen molar-refractivity contribution in [2.45, 2.75) is 44.3 Å². The Labute approximate surface area is 133 Å². The second-order valence-corrected chi connectivity index (χ2v) is 7.28. The summed E-state index contributed by atoms with van der Waals surface area (Å²) >= 11 is 0. The van der Waals surface area contributed by atoms with Crippen LogP contribution in [0.5, 0.6) is 0 Å². The Morgan fingerprint density at radius 3 is 2.57 bits per heavy atom. The van der Waals surface area contributed by atoms with E-state index < -0.39 is 17.6 Å². The van der Waals surface area contributed by atoms with Gasteiger partial charge in [0.1, 0.15) is 0 Å². The SMILES string of the molecule is O=C(N[C@@H]1C[C@@H]2C[C@@H]1[C@H]1CCC[C@H]21)c1ccccc1C(F)(F)F. The molecule has 1 N–H and O–H groups in total. The Bertz CT molecular complexity index is 627. The van der Waals surface area contributed by atoms with E-state index in [4.69, 9.17) is 0 Å². The first-order valence-corrected chi connectivity index (χ1v) is 8.42. The van der Waals surface area contributed by atoms with Gasteiger partial charge in [-0.05, 0) is 61.5 Å². The van der Waals surface area contributed by atoms with Crippen LogP contribution < -0.4 is 5.32 Å². The van der Waals surface area contributed by atoms with E-state index in [1.165, 1.54) is 37.5 Å². The standard InChI is InChI=1S/C18H20F3NO/c19-18(20,21)15-7-2-1-4-13(15)17(23)22-16-9-10-8-14(16)12-6-3-5-11(10)12/h1-2,4,7,10-12,14,16H,3,5-6,8-9H2,(H,22,23)/t10-,11+,12-,14+,16+/m0/s1. The van der Waals surface area contributed by atoms with Gasteiger partial charge in [-0.15, -0.1) is 0 Å². The van der Waals surface area contributed by atoms with Crippen LogP contribution in [0.2, 0.25) is 0 Å². The fourth-order valence-electron chi connectivity index (χ4n) is 5.41. The molecular weight excluding hydrogens is 303 g/mol. The first-order valence-electron chi connectivity index (χ1n) is 8.42. The molecule has 5 heteroatoms. The van der Waals surface area contributed by atoms with Crippen LogP contribution >= 0.6 is 0 Å². The number of halogens is 3. The van der Waals surface area contributed by atoms with Gasteiger partial charge in [0.05, 0.1) is 11.1 Å². The largest absolute Gasteiger partial charge is 0.417 e. The molecule has 2 nitrogen and oxygen atoms in total. The maximum absolute atomic E-state index is 13.1. The van der Waals surface area contributed by atoms with E-state index >= 15 is 0 Å². The molecule has 0 unspecified atom stereocenters. The molecule has 0 heterocycles. The molecule has 0 aliphatic heterocycles. The summed E-state index contributed by atoms with van der Waals surface area (Å²) in [5, 5.41) is 2.91. The van der Waals surface area contributed by atoms with Gasteiger partial charge in [-0.1, -0.05) is 18.6 Å². The average Bonchev–Trinajstić information content (AvgIpc) is 3.18. The predicted molar refractivity (Wildman–Crippen MR) is 79.7 cm³/mol. The molecule has 3 fully saturated rings. The van der Waals surface area contributed by atoms with Crippen molar-refractivity contribution in [3.8, 4) is 0 Å². The van der Waals surface area contributed by atoms with Crippen LogP contribution in [0.25, 0.3) is 0 Å². The van der Waals surface area contributed by atoms with Crippen molar-refractivity contribution >= 4 is 5.91 Å². The summed E-state index contributed by atoms with van der Waals surface area (Å²) in [4.78, 5) is 12.4. The van der Waals surface area contributed by atoms with Crippen molar-refractivity contribution in [3.05, 3.63) is 35.4 Å². The van der Waals surface area contributed by atoms with Gasteiger partial charge in [0.25, 0.3) is 5.91 Å². The number of nitrogens with one attached hydrogen (secondary N) is 1. The Hall–Kier alpha value is -1.52. The van der Waals surface area contributed by atoms with E-state index in [0.29, 0.717) is 17.8 Å². The number of hydrogen-bond acceptors (Lipinski definition) is 1. The van der Waals surface area contributed by atoms with E-state index in [0.717, 1.165) is 24.8 Å². The minimum absolute atomic E-state index is 0.0492. The summed E-state index contributed by atoms with van der Waals surface area (Å²) < 4.78 is 39.2. The number of carbonyl (C=O) groups excluding carboxylic acids is 1. The van der Waals surface area contributed by atoms with Crippen LogP contribution in [-0.2, 0) is 6.18 Å². The maximum Gasteiger partial charge on any atom is 0.417 e. The highest BCUT2D eigenvalue weighted by Crippen LogP contribution is 2.58. The summed E-state index contributed by atoms with van der Waals surface area (Å²) in [6.45, 7) is 0. The lowest BCUT2D eigenvalue weighted by Crippen LogP contribution is -2.43. The minimum atomic E-state index is -4.50. The molecule has 1 amide bonds. The molecule has 3 aliphatic carbocycles. The third kappa shape index (κ3) is 2.45. The fraction of sp³-hybridized carbons (Fsp3) is 0.611. The number of rotatable bonds is 2. The number of alkyl halides is 3. The van der Waals surface area contributed by atoms with Crippen molar-refractivity contribution < 1.29 is 18.0 Å². The number of amides is 1. The molecule has 1 aromatic carbocycles. The summed E-state index contributed by atoms with van der Waals surface area (Å²) in [6, 6.07) is 5.10. The van der Waals surface area contributed by atoms with E-state index in [1.54, 1.807) is 0 Å². The molecule has 0 saturated heterocycles. The molecule has 1 aromatic rings. The topological polar surface area (TPSA) is 29.1 Å². The lowest BCUT2D eigenvalue weighted by Gasteiger charge is -2.32. The van der Waals surface area contributed by atoms with Gasteiger partial charge >= 0.3 is 6.18 Å². The van der Waals surface area contributed by atoms with Crippen molar-refractivity contribution in [2.24, 2.45) is 23.7 Å². The normalized spacial score (nSPS) is 35.3. The highest BCUT2D eigenvalue weighted by atomic mass is 19.4. The molecule has 0 radical (unpaired) electrons. The molecular formula is C18H20F3NO. The molecule has 23 heavy (non-hydrogen) atoms. The number of carbonyl (C=O) groups is 1. The molecule has 3 saturated carbocycles. The Kier molecular flexibility index (Phi) is 3.43.